The Morgan fingerprint density at radius 3 is 2.84 bits per heavy atom. The molecule has 2 heterocycles. The molecule has 0 saturated carbocycles. The molecule has 7 heteroatoms. The lowest BCUT2D eigenvalue weighted by molar-refractivity contribution is -0.127. The lowest BCUT2D eigenvalue weighted by Crippen LogP contribution is -2.35. The number of hydrogen-bond acceptors (Lipinski definition) is 5. The number of carbonyl (C=O) groups is 1. The van der Waals surface area contributed by atoms with E-state index in [0.717, 1.165) is 25.2 Å². The number of rotatable bonds is 2. The maximum atomic E-state index is 11.9. The van der Waals surface area contributed by atoms with E-state index in [1.807, 2.05) is 18.9 Å². The highest BCUT2D eigenvalue weighted by Gasteiger charge is 2.21. The van der Waals surface area contributed by atoms with Crippen LogP contribution in [0.5, 0.6) is 0 Å². The molecule has 0 radical (unpaired) electrons. The molecule has 0 aliphatic carbocycles. The molecule has 0 spiro atoms. The molecule has 1 aliphatic heterocycles. The van der Waals surface area contributed by atoms with Gasteiger partial charge in [-0.3, -0.25) is 4.79 Å². The fraction of sp³-hybridized carbons (Fsp3) is 0.500. The number of aryl methyl sites for hydroxylation is 1. The molecule has 1 saturated heterocycles. The summed E-state index contributed by atoms with van der Waals surface area (Å²) in [5.41, 5.74) is 6.94. The minimum absolute atomic E-state index is 0.0690. The Kier molecular flexibility index (Phi) is 3.94. The molecule has 1 amide bonds. The summed E-state index contributed by atoms with van der Waals surface area (Å²) in [5, 5.41) is 0. The zero-order valence-corrected chi connectivity index (χ0v) is 11.9. The van der Waals surface area contributed by atoms with Gasteiger partial charge in [0.15, 0.2) is 0 Å². The summed E-state index contributed by atoms with van der Waals surface area (Å²) in [6, 6.07) is 1.75. The number of thiocarbonyl (C=S) groups is 1. The molecule has 0 bridgehead atoms. The van der Waals surface area contributed by atoms with Crippen LogP contribution in [0.1, 0.15) is 17.8 Å². The Hall–Kier alpha value is -1.76. The van der Waals surface area contributed by atoms with Crippen LogP contribution in [-0.4, -0.2) is 52.4 Å². The second kappa shape index (κ2) is 5.48. The molecule has 2 rings (SSSR count). The number of nitrogens with two attached hydrogens (primary N) is 1. The maximum absolute atomic E-state index is 11.9. The molecule has 102 valence electrons. The normalized spacial score (nSPS) is 16.4. The number of anilines is 1. The van der Waals surface area contributed by atoms with E-state index in [1.54, 1.807) is 11.0 Å². The summed E-state index contributed by atoms with van der Waals surface area (Å²) in [7, 11) is 1.81. The van der Waals surface area contributed by atoms with Crippen molar-refractivity contribution >= 4 is 29.1 Å². The van der Waals surface area contributed by atoms with Crippen LogP contribution in [0.25, 0.3) is 0 Å². The Labute approximate surface area is 117 Å². The first kappa shape index (κ1) is 13.7. The second-order valence-electron chi connectivity index (χ2n) is 4.65. The number of hydrogen-bond donors (Lipinski definition) is 1. The molecule has 0 atom stereocenters. The van der Waals surface area contributed by atoms with Crippen molar-refractivity contribution in [3.8, 4) is 0 Å². The van der Waals surface area contributed by atoms with Crippen LogP contribution in [0.4, 0.5) is 5.95 Å². The number of likely N-dealkylation sites (N-methyl/N-ethyl adjacent to an activating group) is 1. The average Bonchev–Trinajstić information content (AvgIpc) is 2.51. The van der Waals surface area contributed by atoms with E-state index in [2.05, 4.69) is 9.97 Å². The van der Waals surface area contributed by atoms with Crippen molar-refractivity contribution < 1.29 is 4.79 Å². The van der Waals surface area contributed by atoms with Crippen molar-refractivity contribution in [2.24, 2.45) is 5.73 Å². The van der Waals surface area contributed by atoms with Gasteiger partial charge in [0.2, 0.25) is 11.9 Å². The Balaban J connectivity index is 2.30. The van der Waals surface area contributed by atoms with Crippen molar-refractivity contribution in [1.29, 1.82) is 0 Å². The van der Waals surface area contributed by atoms with Gasteiger partial charge >= 0.3 is 0 Å². The van der Waals surface area contributed by atoms with Gasteiger partial charge in [-0.1, -0.05) is 12.2 Å². The molecule has 1 fully saturated rings. The van der Waals surface area contributed by atoms with E-state index in [-0.39, 0.29) is 17.4 Å². The first-order valence-electron chi connectivity index (χ1n) is 6.12. The zero-order valence-electron chi connectivity index (χ0n) is 11.1. The molecule has 1 aromatic rings. The van der Waals surface area contributed by atoms with Crippen LogP contribution in [0, 0.1) is 6.92 Å². The summed E-state index contributed by atoms with van der Waals surface area (Å²) < 4.78 is 0. The Morgan fingerprint density at radius 1 is 1.42 bits per heavy atom. The standard InChI is InChI=1S/C12H17N5OS/c1-8-6-9(11(13)19)15-12(14-8)17-5-3-4-16(2)10(18)7-17/h6H,3-5,7H2,1-2H3,(H2,13,19). The lowest BCUT2D eigenvalue weighted by atomic mass is 10.3. The van der Waals surface area contributed by atoms with Gasteiger partial charge in [-0.05, 0) is 19.4 Å². The van der Waals surface area contributed by atoms with Crippen molar-refractivity contribution in [1.82, 2.24) is 14.9 Å². The third kappa shape index (κ3) is 3.17. The van der Waals surface area contributed by atoms with E-state index in [4.69, 9.17) is 18.0 Å². The Bertz CT molecular complexity index is 519. The van der Waals surface area contributed by atoms with Crippen LogP contribution >= 0.6 is 12.2 Å². The molecule has 19 heavy (non-hydrogen) atoms. The van der Waals surface area contributed by atoms with Gasteiger partial charge in [-0.2, -0.15) is 0 Å². The maximum Gasteiger partial charge on any atom is 0.241 e. The zero-order chi connectivity index (χ0) is 14.0. The van der Waals surface area contributed by atoms with E-state index >= 15 is 0 Å². The van der Waals surface area contributed by atoms with Gasteiger partial charge in [0.1, 0.15) is 10.7 Å². The predicted molar refractivity (Wildman–Crippen MR) is 77.1 cm³/mol. The molecule has 1 aliphatic rings. The topological polar surface area (TPSA) is 75.3 Å². The molecule has 0 aromatic carbocycles. The first-order chi connectivity index (χ1) is 8.97. The predicted octanol–water partition coefficient (Wildman–Crippen LogP) is 0.0877. The lowest BCUT2D eigenvalue weighted by Gasteiger charge is -2.20. The van der Waals surface area contributed by atoms with E-state index in [1.165, 1.54) is 0 Å². The fourth-order valence-corrected chi connectivity index (χ4v) is 2.08. The quantitative estimate of drug-likeness (QED) is 0.773. The number of carbonyl (C=O) groups excluding carboxylic acids is 1. The summed E-state index contributed by atoms with van der Waals surface area (Å²) in [6.45, 7) is 3.65. The summed E-state index contributed by atoms with van der Waals surface area (Å²) >= 11 is 4.95. The molecule has 6 nitrogen and oxygen atoms in total. The van der Waals surface area contributed by atoms with Crippen molar-refractivity contribution in [2.75, 3.05) is 31.6 Å². The summed E-state index contributed by atoms with van der Waals surface area (Å²) in [6.07, 6.45) is 0.891. The number of amides is 1. The van der Waals surface area contributed by atoms with Crippen LogP contribution in [0.15, 0.2) is 6.07 Å². The smallest absolute Gasteiger partial charge is 0.241 e. The van der Waals surface area contributed by atoms with Gasteiger partial charge in [0.25, 0.3) is 0 Å². The fourth-order valence-electron chi connectivity index (χ4n) is 1.98. The molecule has 0 unspecified atom stereocenters. The second-order valence-corrected chi connectivity index (χ2v) is 5.09. The average molecular weight is 279 g/mol. The largest absolute Gasteiger partial charge is 0.388 e. The monoisotopic (exact) mass is 279 g/mol. The highest BCUT2D eigenvalue weighted by Crippen LogP contribution is 2.13. The van der Waals surface area contributed by atoms with Gasteiger partial charge < -0.3 is 15.5 Å². The highest BCUT2D eigenvalue weighted by atomic mass is 32.1. The van der Waals surface area contributed by atoms with Gasteiger partial charge in [-0.25, -0.2) is 9.97 Å². The van der Waals surface area contributed by atoms with E-state index < -0.39 is 0 Å². The molecular formula is C12H17N5OS. The third-order valence-corrected chi connectivity index (χ3v) is 3.26. The number of aromatic nitrogens is 2. The van der Waals surface area contributed by atoms with E-state index in [9.17, 15) is 4.79 Å². The minimum atomic E-state index is 0.0690. The van der Waals surface area contributed by atoms with Gasteiger partial charge in [-0.15, -0.1) is 0 Å². The summed E-state index contributed by atoms with van der Waals surface area (Å²) in [5.74, 6) is 0.589. The minimum Gasteiger partial charge on any atom is -0.388 e. The SMILES string of the molecule is Cc1cc(C(N)=S)nc(N2CCCN(C)C(=O)C2)n1. The highest BCUT2D eigenvalue weighted by molar-refractivity contribution is 7.80. The Morgan fingerprint density at radius 2 is 2.16 bits per heavy atom. The van der Waals surface area contributed by atoms with Crippen LogP contribution in [0.2, 0.25) is 0 Å². The van der Waals surface area contributed by atoms with Crippen molar-refractivity contribution in [3.63, 3.8) is 0 Å². The van der Waals surface area contributed by atoms with E-state index in [0.29, 0.717) is 11.6 Å². The van der Waals surface area contributed by atoms with Crippen molar-refractivity contribution in [3.05, 3.63) is 17.5 Å². The van der Waals surface area contributed by atoms with Crippen LogP contribution in [-0.2, 0) is 4.79 Å². The molecular weight excluding hydrogens is 262 g/mol. The van der Waals surface area contributed by atoms with Crippen molar-refractivity contribution in [2.45, 2.75) is 13.3 Å². The van der Waals surface area contributed by atoms with Crippen LogP contribution < -0.4 is 10.6 Å². The third-order valence-electron chi connectivity index (χ3n) is 3.05. The van der Waals surface area contributed by atoms with Gasteiger partial charge in [0, 0.05) is 25.8 Å². The van der Waals surface area contributed by atoms with Gasteiger partial charge in [0.05, 0.1) is 6.54 Å². The summed E-state index contributed by atoms with van der Waals surface area (Å²) in [4.78, 5) is 24.4. The van der Waals surface area contributed by atoms with Crippen LogP contribution in [0.3, 0.4) is 0 Å². The first-order valence-corrected chi connectivity index (χ1v) is 6.52. The number of nitrogens with zero attached hydrogens (tertiary/aromatic N) is 4. The molecule has 1 aromatic heterocycles. The molecule has 2 N–H and O–H groups in total.